The molecule has 0 atom stereocenters. The van der Waals surface area contributed by atoms with Gasteiger partial charge in [0.05, 0.1) is 37.5 Å². The number of allylic oxidation sites excluding steroid dienone is 2. The van der Waals surface area contributed by atoms with Crippen LogP contribution in [0.4, 0.5) is 4.79 Å². The van der Waals surface area contributed by atoms with Crippen LogP contribution in [0.2, 0.25) is 0 Å². The van der Waals surface area contributed by atoms with E-state index in [0.29, 0.717) is 62.7 Å². The van der Waals surface area contributed by atoms with Gasteiger partial charge in [0.1, 0.15) is 11.4 Å². The lowest BCUT2D eigenvalue weighted by molar-refractivity contribution is -0.457. The molecule has 1 aromatic rings. The normalized spacial score (nSPS) is 16.8. The maximum absolute atomic E-state index is 12.9. The Kier molecular flexibility index (Phi) is 9.86. The van der Waals surface area contributed by atoms with Crippen molar-refractivity contribution in [2.45, 2.75) is 59.5 Å². The minimum absolute atomic E-state index is 0.0772. The zero-order chi connectivity index (χ0) is 26.1. The first-order valence-electron chi connectivity index (χ1n) is 12.0. The molecule has 0 radical (unpaired) electrons. The van der Waals surface area contributed by atoms with Crippen LogP contribution in [-0.4, -0.2) is 60.4 Å². The Morgan fingerprint density at radius 1 is 1.17 bits per heavy atom. The van der Waals surface area contributed by atoms with Crippen LogP contribution in [0.1, 0.15) is 53.0 Å². The van der Waals surface area contributed by atoms with Crippen LogP contribution in [0.5, 0.6) is 0 Å². The summed E-state index contributed by atoms with van der Waals surface area (Å²) in [7, 11) is 0. The number of hydrogen-bond donors (Lipinski definition) is 5. The monoisotopic (exact) mass is 486 g/mol. The highest BCUT2D eigenvalue weighted by molar-refractivity contribution is 6.23. The lowest BCUT2D eigenvalue weighted by atomic mass is 9.75. The molecule has 0 spiro atoms. The number of hydrogen-bond acceptors (Lipinski definition) is 5. The molecule has 6 N–H and O–H groups in total. The topological polar surface area (TPSA) is 140 Å². The number of nitrogens with two attached hydrogens (primary N) is 1. The molecule has 0 aliphatic heterocycles. The number of Topliss-reactive ketones (excluding diaryl/α,β-unsaturated/α-hetero) is 1. The number of ether oxygens (including phenoxy) is 1. The van der Waals surface area contributed by atoms with Crippen molar-refractivity contribution in [3.8, 4) is 0 Å². The van der Waals surface area contributed by atoms with Crippen molar-refractivity contribution >= 4 is 23.5 Å². The number of amides is 1. The summed E-state index contributed by atoms with van der Waals surface area (Å²) in [5, 5.41) is 16.3. The number of benzene rings is 1. The van der Waals surface area contributed by atoms with E-state index in [1.807, 2.05) is 44.2 Å². The van der Waals surface area contributed by atoms with E-state index >= 15 is 0 Å². The van der Waals surface area contributed by atoms with E-state index in [4.69, 9.17) is 10.5 Å². The fourth-order valence-corrected chi connectivity index (χ4v) is 3.75. The van der Waals surface area contributed by atoms with Gasteiger partial charge in [0, 0.05) is 19.3 Å². The second-order valence-corrected chi connectivity index (χ2v) is 10.4. The minimum atomic E-state index is -0.546. The second kappa shape index (κ2) is 12.4. The van der Waals surface area contributed by atoms with Gasteiger partial charge in [-0.15, -0.1) is 0 Å². The Morgan fingerprint density at radius 2 is 1.83 bits per heavy atom. The Bertz CT molecular complexity index is 975. The van der Waals surface area contributed by atoms with Crippen molar-refractivity contribution < 1.29 is 24.4 Å². The summed E-state index contributed by atoms with van der Waals surface area (Å²) in [6.07, 6.45) is 0.798. The molecule has 1 aromatic carbocycles. The summed E-state index contributed by atoms with van der Waals surface area (Å²) >= 11 is 0. The van der Waals surface area contributed by atoms with Gasteiger partial charge in [0.25, 0.3) is 0 Å². The third-order valence-electron chi connectivity index (χ3n) is 5.19. The van der Waals surface area contributed by atoms with E-state index in [2.05, 4.69) is 20.6 Å². The van der Waals surface area contributed by atoms with E-state index in [1.54, 1.807) is 20.8 Å². The van der Waals surface area contributed by atoms with Crippen LogP contribution < -0.4 is 21.4 Å². The van der Waals surface area contributed by atoms with Crippen molar-refractivity contribution in [2.24, 2.45) is 16.1 Å². The molecular formula is C26H40N5O4+. The molecule has 0 bridgehead atoms. The molecule has 2 rings (SSSR count). The van der Waals surface area contributed by atoms with E-state index in [9.17, 15) is 14.7 Å². The van der Waals surface area contributed by atoms with Crippen LogP contribution in [-0.2, 0) is 16.0 Å². The summed E-state index contributed by atoms with van der Waals surface area (Å²) in [5.41, 5.74) is 7.08. The number of alkyl carbamates (subject to hydrolysis) is 1. The number of aliphatic imine (C=N–C) groups is 1. The van der Waals surface area contributed by atoms with Crippen LogP contribution >= 0.6 is 0 Å². The predicted octanol–water partition coefficient (Wildman–Crippen LogP) is 1.38. The van der Waals surface area contributed by atoms with Crippen molar-refractivity contribution in [2.75, 3.05) is 26.2 Å². The molecule has 0 fully saturated rings. The van der Waals surface area contributed by atoms with E-state index in [0.717, 1.165) is 5.56 Å². The largest absolute Gasteiger partial charge is 0.511 e. The molecular weight excluding hydrogens is 446 g/mol. The molecule has 0 heterocycles. The Hall–Kier alpha value is -3.36. The molecule has 9 heteroatoms. The highest BCUT2D eigenvalue weighted by Crippen LogP contribution is 2.36. The summed E-state index contributed by atoms with van der Waals surface area (Å²) in [6, 6.07) is 9.76. The number of aliphatic hydroxyl groups excluding tert-OH is 1. The van der Waals surface area contributed by atoms with Gasteiger partial charge in [0.15, 0.2) is 5.78 Å². The minimum Gasteiger partial charge on any atom is -0.511 e. The zero-order valence-electron chi connectivity index (χ0n) is 21.5. The molecule has 0 unspecified atom stereocenters. The lowest BCUT2D eigenvalue weighted by Gasteiger charge is -2.30. The quantitative estimate of drug-likeness (QED) is 0.203. The van der Waals surface area contributed by atoms with Crippen molar-refractivity contribution in [1.29, 1.82) is 0 Å². The average molecular weight is 487 g/mol. The second-order valence-electron chi connectivity index (χ2n) is 10.4. The molecule has 1 amide bonds. The van der Waals surface area contributed by atoms with Gasteiger partial charge in [-0.05, 0) is 31.7 Å². The van der Waals surface area contributed by atoms with Crippen molar-refractivity contribution in [1.82, 2.24) is 10.6 Å². The first-order valence-corrected chi connectivity index (χ1v) is 12.0. The maximum atomic E-state index is 12.9. The first-order chi connectivity index (χ1) is 16.4. The van der Waals surface area contributed by atoms with Gasteiger partial charge < -0.3 is 15.2 Å². The summed E-state index contributed by atoms with van der Waals surface area (Å²) in [5.74, 6) is 0.388. The molecule has 35 heavy (non-hydrogen) atoms. The van der Waals surface area contributed by atoms with Crippen LogP contribution in [0.3, 0.4) is 0 Å². The number of nitrogens with zero attached hydrogens (tertiary/aromatic N) is 1. The van der Waals surface area contributed by atoms with E-state index in [1.165, 1.54) is 0 Å². The number of carbonyl (C=O) groups is 2. The molecule has 0 aromatic heterocycles. The number of aliphatic hydroxyl groups is 1. The lowest BCUT2D eigenvalue weighted by Crippen LogP contribution is -2.79. The summed E-state index contributed by atoms with van der Waals surface area (Å²) < 4.78 is 5.17. The van der Waals surface area contributed by atoms with Gasteiger partial charge in [0.2, 0.25) is 0 Å². The maximum Gasteiger partial charge on any atom is 0.407 e. The number of guanidine groups is 1. The fraction of sp³-hybridized carbons (Fsp3) is 0.538. The first kappa shape index (κ1) is 27.9. The van der Waals surface area contributed by atoms with Gasteiger partial charge >= 0.3 is 12.1 Å². The van der Waals surface area contributed by atoms with Gasteiger partial charge in [-0.1, -0.05) is 44.2 Å². The van der Waals surface area contributed by atoms with Crippen LogP contribution in [0.15, 0.2) is 46.7 Å². The van der Waals surface area contributed by atoms with Crippen molar-refractivity contribution in [3.63, 3.8) is 0 Å². The molecule has 0 saturated heterocycles. The third-order valence-corrected chi connectivity index (χ3v) is 5.19. The number of rotatable bonds is 9. The molecule has 9 nitrogen and oxygen atoms in total. The van der Waals surface area contributed by atoms with Gasteiger partial charge in [-0.2, -0.15) is 0 Å². The molecule has 192 valence electrons. The van der Waals surface area contributed by atoms with Gasteiger partial charge in [-0.25, -0.2) is 4.79 Å². The predicted molar refractivity (Wildman–Crippen MR) is 137 cm³/mol. The highest BCUT2D eigenvalue weighted by Gasteiger charge is 2.35. The molecule has 1 aliphatic rings. The van der Waals surface area contributed by atoms with E-state index < -0.39 is 11.7 Å². The van der Waals surface area contributed by atoms with E-state index in [-0.39, 0.29) is 17.0 Å². The Balaban J connectivity index is 1.97. The van der Waals surface area contributed by atoms with Crippen molar-refractivity contribution in [3.05, 3.63) is 47.2 Å². The smallest absolute Gasteiger partial charge is 0.407 e. The molecule has 1 aliphatic carbocycles. The standard InChI is InChI=1S/C26H39N5O4/c1-25(2,3)35-24(34)31-14-13-30-23(27)29-12-11-28-19(15-18-9-7-6-8-10-18)22-20(32)16-26(4,5)17-21(22)33/h6-10,32H,11-17H2,1-5H3,(H,31,34)(H3,27,29,30)/p+1. The van der Waals surface area contributed by atoms with Crippen LogP contribution in [0, 0.1) is 5.41 Å². The fourth-order valence-electron chi connectivity index (χ4n) is 3.75. The van der Waals surface area contributed by atoms with Gasteiger partial charge in [-0.3, -0.25) is 25.8 Å². The van der Waals surface area contributed by atoms with Crippen LogP contribution in [0.25, 0.3) is 0 Å². The zero-order valence-corrected chi connectivity index (χ0v) is 21.5. The SMILES string of the molecule is CC1(C)CC(=O)C(C(Cc2ccccc2)=NCC[NH+]=C(N)NCCNC(=O)OC(C)(C)C)=C(O)C1. The third kappa shape index (κ3) is 10.2. The summed E-state index contributed by atoms with van der Waals surface area (Å²) in [4.78, 5) is 32.2. The average Bonchev–Trinajstić information content (AvgIpc) is 2.72. The number of nitrogens with one attached hydrogen (secondary N) is 3. The Labute approximate surface area is 207 Å². The Morgan fingerprint density at radius 3 is 2.46 bits per heavy atom. The molecule has 0 saturated carbocycles. The number of carbonyl (C=O) groups excluding carboxylic acids is 2. The highest BCUT2D eigenvalue weighted by atomic mass is 16.6. The summed E-state index contributed by atoms with van der Waals surface area (Å²) in [6.45, 7) is 10.9. The number of ketones is 1.